The maximum Gasteiger partial charge on any atom is 0.325 e. The topological polar surface area (TPSA) is 90.0 Å². The van der Waals surface area contributed by atoms with Crippen molar-refractivity contribution in [2.75, 3.05) is 32.7 Å². The predicted octanol–water partition coefficient (Wildman–Crippen LogP) is 1.40. The average molecular weight is 427 g/mol. The number of imide groups is 1. The highest BCUT2D eigenvalue weighted by Crippen LogP contribution is 2.42. The lowest BCUT2D eigenvalue weighted by Crippen LogP contribution is -2.53. The van der Waals surface area contributed by atoms with Crippen LogP contribution in [0.25, 0.3) is 0 Å². The van der Waals surface area contributed by atoms with Crippen molar-refractivity contribution in [2.24, 2.45) is 5.92 Å². The number of amides is 5. The van der Waals surface area contributed by atoms with Crippen molar-refractivity contribution in [3.8, 4) is 0 Å². The van der Waals surface area contributed by atoms with E-state index in [1.807, 2.05) is 18.2 Å². The Bertz CT molecular complexity index is 862. The number of urea groups is 1. The first-order chi connectivity index (χ1) is 14.9. The molecule has 1 N–H and O–H groups in total. The molecule has 1 aliphatic carbocycles. The molecule has 1 aromatic rings. The third kappa shape index (κ3) is 4.57. The van der Waals surface area contributed by atoms with Gasteiger partial charge in [-0.2, -0.15) is 0 Å². The van der Waals surface area contributed by atoms with Crippen molar-refractivity contribution in [1.29, 1.82) is 0 Å². The molecule has 1 saturated carbocycles. The van der Waals surface area contributed by atoms with E-state index in [0.29, 0.717) is 32.6 Å². The van der Waals surface area contributed by atoms with Crippen LogP contribution in [0.1, 0.15) is 38.2 Å². The van der Waals surface area contributed by atoms with Crippen molar-refractivity contribution in [2.45, 2.75) is 44.6 Å². The summed E-state index contributed by atoms with van der Waals surface area (Å²) in [5, 5.41) is 2.77. The Balaban J connectivity index is 1.21. The van der Waals surface area contributed by atoms with E-state index in [-0.39, 0.29) is 30.2 Å². The van der Waals surface area contributed by atoms with Crippen LogP contribution in [0.3, 0.4) is 0 Å². The van der Waals surface area contributed by atoms with Crippen molar-refractivity contribution >= 4 is 23.8 Å². The third-order valence-electron chi connectivity index (χ3n) is 6.67. The summed E-state index contributed by atoms with van der Waals surface area (Å²) in [6.07, 6.45) is 4.01. The lowest BCUT2D eigenvalue weighted by Gasteiger charge is -2.35. The fourth-order valence-electron chi connectivity index (χ4n) is 4.48. The van der Waals surface area contributed by atoms with Gasteiger partial charge in [-0.3, -0.25) is 19.3 Å². The standard InChI is InChI=1S/C23H30N4O4/c1-23(18-10-11-18)21(30)27(22(31)24-23)16-20(29)26-14-12-25(13-15-26)19(28)9-5-8-17-6-3-2-4-7-17/h2-4,6-7,18H,5,8-16H2,1H3,(H,24,31). The molecular formula is C23H30N4O4. The fraction of sp³-hybridized carbons (Fsp3) is 0.565. The summed E-state index contributed by atoms with van der Waals surface area (Å²) in [6.45, 7) is 3.32. The summed E-state index contributed by atoms with van der Waals surface area (Å²) in [6, 6.07) is 9.62. The molecule has 3 aliphatic rings. The number of piperazine rings is 1. The Morgan fingerprint density at radius 3 is 2.23 bits per heavy atom. The second-order valence-electron chi connectivity index (χ2n) is 8.90. The maximum atomic E-state index is 12.7. The largest absolute Gasteiger partial charge is 0.339 e. The molecule has 166 valence electrons. The van der Waals surface area contributed by atoms with Crippen LogP contribution in [0.4, 0.5) is 4.79 Å². The van der Waals surface area contributed by atoms with Crippen LogP contribution in [0.2, 0.25) is 0 Å². The Hall–Kier alpha value is -2.90. The molecule has 3 fully saturated rings. The second kappa shape index (κ2) is 8.69. The van der Waals surface area contributed by atoms with Crippen molar-refractivity contribution in [1.82, 2.24) is 20.0 Å². The summed E-state index contributed by atoms with van der Waals surface area (Å²) in [4.78, 5) is 54.6. The van der Waals surface area contributed by atoms with Gasteiger partial charge >= 0.3 is 6.03 Å². The van der Waals surface area contributed by atoms with Gasteiger partial charge in [0.25, 0.3) is 5.91 Å². The van der Waals surface area contributed by atoms with Crippen molar-refractivity contribution in [3.05, 3.63) is 35.9 Å². The Morgan fingerprint density at radius 2 is 1.61 bits per heavy atom. The van der Waals surface area contributed by atoms with E-state index < -0.39 is 11.6 Å². The van der Waals surface area contributed by atoms with Gasteiger partial charge in [-0.05, 0) is 44.1 Å². The quantitative estimate of drug-likeness (QED) is 0.668. The Morgan fingerprint density at radius 1 is 1.00 bits per heavy atom. The van der Waals surface area contributed by atoms with Gasteiger partial charge in [0.1, 0.15) is 12.1 Å². The van der Waals surface area contributed by atoms with Gasteiger partial charge in [-0.15, -0.1) is 0 Å². The zero-order valence-corrected chi connectivity index (χ0v) is 18.0. The SMILES string of the molecule is CC1(C2CC2)NC(=O)N(CC(=O)N2CCN(C(=O)CCCc3ccccc3)CC2)C1=O. The zero-order chi connectivity index (χ0) is 22.0. The van der Waals surface area contributed by atoms with Gasteiger partial charge in [0.2, 0.25) is 11.8 Å². The van der Waals surface area contributed by atoms with E-state index in [1.165, 1.54) is 5.56 Å². The van der Waals surface area contributed by atoms with Gasteiger partial charge in [-0.25, -0.2) is 4.79 Å². The molecule has 0 spiro atoms. The van der Waals surface area contributed by atoms with Gasteiger partial charge in [-0.1, -0.05) is 30.3 Å². The molecule has 31 heavy (non-hydrogen) atoms. The lowest BCUT2D eigenvalue weighted by molar-refractivity contribution is -0.142. The molecule has 8 nitrogen and oxygen atoms in total. The molecule has 5 amide bonds. The molecule has 4 rings (SSSR count). The molecule has 1 aromatic carbocycles. The van der Waals surface area contributed by atoms with Crippen LogP contribution in [0, 0.1) is 5.92 Å². The number of benzene rings is 1. The number of hydrogen-bond acceptors (Lipinski definition) is 4. The molecule has 0 aromatic heterocycles. The van der Waals surface area contributed by atoms with Crippen LogP contribution in [0.5, 0.6) is 0 Å². The normalized spacial score (nSPS) is 23.8. The van der Waals surface area contributed by atoms with Crippen LogP contribution in [0.15, 0.2) is 30.3 Å². The number of rotatable bonds is 7. The van der Waals surface area contributed by atoms with E-state index in [9.17, 15) is 19.2 Å². The summed E-state index contributed by atoms with van der Waals surface area (Å²) < 4.78 is 0. The number of nitrogens with one attached hydrogen (secondary N) is 1. The van der Waals surface area contributed by atoms with Gasteiger partial charge in [0, 0.05) is 32.6 Å². The molecular weight excluding hydrogens is 396 g/mol. The van der Waals surface area contributed by atoms with Crippen LogP contribution >= 0.6 is 0 Å². The number of carbonyl (C=O) groups is 4. The highest BCUT2D eigenvalue weighted by atomic mass is 16.2. The summed E-state index contributed by atoms with van der Waals surface area (Å²) in [5.74, 6) is -0.280. The van der Waals surface area contributed by atoms with Crippen molar-refractivity contribution in [3.63, 3.8) is 0 Å². The van der Waals surface area contributed by atoms with Gasteiger partial charge in [0.15, 0.2) is 0 Å². The van der Waals surface area contributed by atoms with E-state index in [2.05, 4.69) is 17.4 Å². The summed E-state index contributed by atoms with van der Waals surface area (Å²) in [7, 11) is 0. The molecule has 2 heterocycles. The molecule has 0 bridgehead atoms. The number of hydrogen-bond donors (Lipinski definition) is 1. The fourth-order valence-corrected chi connectivity index (χ4v) is 4.48. The first-order valence-electron chi connectivity index (χ1n) is 11.1. The van der Waals surface area contributed by atoms with Crippen LogP contribution in [-0.4, -0.2) is 76.7 Å². The second-order valence-corrected chi connectivity index (χ2v) is 8.90. The Labute approximate surface area is 182 Å². The highest BCUT2D eigenvalue weighted by Gasteiger charge is 2.56. The minimum Gasteiger partial charge on any atom is -0.339 e. The van der Waals surface area contributed by atoms with Crippen LogP contribution in [-0.2, 0) is 20.8 Å². The van der Waals surface area contributed by atoms with Gasteiger partial charge in [0.05, 0.1) is 0 Å². The molecule has 1 unspecified atom stereocenters. The molecule has 1 atom stereocenters. The molecule has 0 radical (unpaired) electrons. The zero-order valence-electron chi connectivity index (χ0n) is 18.0. The summed E-state index contributed by atoms with van der Waals surface area (Å²) >= 11 is 0. The van der Waals surface area contributed by atoms with Gasteiger partial charge < -0.3 is 15.1 Å². The average Bonchev–Trinajstić information content (AvgIpc) is 3.60. The minimum atomic E-state index is -0.873. The lowest BCUT2D eigenvalue weighted by atomic mass is 9.96. The summed E-state index contributed by atoms with van der Waals surface area (Å²) in [5.41, 5.74) is 0.353. The van der Waals surface area contributed by atoms with E-state index in [1.54, 1.807) is 16.7 Å². The predicted molar refractivity (Wildman–Crippen MR) is 114 cm³/mol. The first kappa shape index (κ1) is 21.3. The highest BCUT2D eigenvalue weighted by molar-refractivity contribution is 6.09. The van der Waals surface area contributed by atoms with E-state index >= 15 is 0 Å². The first-order valence-corrected chi connectivity index (χ1v) is 11.1. The maximum absolute atomic E-state index is 12.7. The van der Waals surface area contributed by atoms with E-state index in [4.69, 9.17) is 0 Å². The number of aryl methyl sites for hydroxylation is 1. The monoisotopic (exact) mass is 426 g/mol. The molecule has 8 heteroatoms. The number of nitrogens with zero attached hydrogens (tertiary/aromatic N) is 3. The number of carbonyl (C=O) groups excluding carboxylic acids is 4. The van der Waals surface area contributed by atoms with Crippen LogP contribution < -0.4 is 5.32 Å². The van der Waals surface area contributed by atoms with Crippen molar-refractivity contribution < 1.29 is 19.2 Å². The molecule has 2 aliphatic heterocycles. The minimum absolute atomic E-state index is 0.109. The van der Waals surface area contributed by atoms with E-state index in [0.717, 1.165) is 30.6 Å². The smallest absolute Gasteiger partial charge is 0.325 e. The third-order valence-corrected chi connectivity index (χ3v) is 6.67. The Kier molecular flexibility index (Phi) is 5.98. The molecule has 2 saturated heterocycles.